The van der Waals surface area contributed by atoms with E-state index in [1.807, 2.05) is 29.2 Å². The second-order valence-corrected chi connectivity index (χ2v) is 7.22. The number of para-hydroxylation sites is 1. The van der Waals surface area contributed by atoms with E-state index in [1.165, 1.54) is 11.1 Å². The summed E-state index contributed by atoms with van der Waals surface area (Å²) in [5.74, 6) is 1.38. The normalized spacial score (nSPS) is 14.0. The van der Waals surface area contributed by atoms with Crippen molar-refractivity contribution in [1.82, 2.24) is 10.6 Å². The van der Waals surface area contributed by atoms with Crippen molar-refractivity contribution >= 4 is 41.5 Å². The van der Waals surface area contributed by atoms with Crippen LogP contribution in [0.1, 0.15) is 36.8 Å². The lowest BCUT2D eigenvalue weighted by molar-refractivity contribution is -0.118. The predicted molar refractivity (Wildman–Crippen MR) is 131 cm³/mol. The van der Waals surface area contributed by atoms with Crippen molar-refractivity contribution in [2.24, 2.45) is 4.99 Å². The standard InChI is InChI=1S/C23H30N4O.HI/c1-18(19-9-4-3-5-10-19)17-26-23(24-2)25-15-8-13-22(28)27-16-14-20-11-6-7-12-21(20)27;/h3-7,9-12,18H,8,13-17H2,1-2H3,(H2,24,25,26);1H. The molecule has 0 aromatic heterocycles. The van der Waals surface area contributed by atoms with Gasteiger partial charge in [-0.05, 0) is 36.0 Å². The third-order valence-electron chi connectivity index (χ3n) is 5.22. The van der Waals surface area contributed by atoms with Gasteiger partial charge in [0.05, 0.1) is 0 Å². The molecule has 0 fully saturated rings. The van der Waals surface area contributed by atoms with Crippen molar-refractivity contribution in [3.8, 4) is 0 Å². The molecule has 2 aromatic rings. The molecule has 0 saturated carbocycles. The lowest BCUT2D eigenvalue weighted by atomic mass is 10.0. The summed E-state index contributed by atoms with van der Waals surface area (Å²) in [5.41, 5.74) is 3.65. The van der Waals surface area contributed by atoms with E-state index in [4.69, 9.17) is 0 Å². The summed E-state index contributed by atoms with van der Waals surface area (Å²) in [6.07, 6.45) is 2.28. The molecule has 1 unspecified atom stereocenters. The molecule has 0 radical (unpaired) electrons. The average molecular weight is 506 g/mol. The molecular formula is C23H31IN4O. The van der Waals surface area contributed by atoms with Crippen LogP contribution in [0.2, 0.25) is 0 Å². The highest BCUT2D eigenvalue weighted by Crippen LogP contribution is 2.27. The van der Waals surface area contributed by atoms with Crippen LogP contribution in [0.15, 0.2) is 59.6 Å². The summed E-state index contributed by atoms with van der Waals surface area (Å²) in [6, 6.07) is 18.6. The van der Waals surface area contributed by atoms with E-state index in [-0.39, 0.29) is 29.9 Å². The number of nitrogens with one attached hydrogen (secondary N) is 2. The van der Waals surface area contributed by atoms with Crippen molar-refractivity contribution in [2.45, 2.75) is 32.1 Å². The van der Waals surface area contributed by atoms with Crippen molar-refractivity contribution in [3.05, 3.63) is 65.7 Å². The highest BCUT2D eigenvalue weighted by atomic mass is 127. The SMILES string of the molecule is CN=C(NCCCC(=O)N1CCc2ccccc21)NCC(C)c1ccccc1.I. The molecule has 1 heterocycles. The Morgan fingerprint density at radius 2 is 1.83 bits per heavy atom. The first kappa shape index (κ1) is 23.2. The largest absolute Gasteiger partial charge is 0.356 e. The molecule has 1 aliphatic heterocycles. The van der Waals surface area contributed by atoms with Crippen LogP contribution >= 0.6 is 24.0 Å². The van der Waals surface area contributed by atoms with E-state index in [0.717, 1.165) is 44.1 Å². The molecule has 0 bridgehead atoms. The van der Waals surface area contributed by atoms with Crippen molar-refractivity contribution in [3.63, 3.8) is 0 Å². The number of guanidine groups is 1. The summed E-state index contributed by atoms with van der Waals surface area (Å²) in [7, 11) is 1.77. The Bertz CT molecular complexity index is 810. The van der Waals surface area contributed by atoms with Crippen LogP contribution in [0.4, 0.5) is 5.69 Å². The van der Waals surface area contributed by atoms with Gasteiger partial charge in [0.1, 0.15) is 0 Å². The van der Waals surface area contributed by atoms with Crippen LogP contribution in [-0.2, 0) is 11.2 Å². The van der Waals surface area contributed by atoms with Crippen LogP contribution in [0, 0.1) is 0 Å². The Morgan fingerprint density at radius 1 is 1.10 bits per heavy atom. The Hall–Kier alpha value is -2.09. The zero-order valence-corrected chi connectivity index (χ0v) is 19.6. The lowest BCUT2D eigenvalue weighted by Gasteiger charge is -2.18. The topological polar surface area (TPSA) is 56.7 Å². The fourth-order valence-electron chi connectivity index (χ4n) is 3.55. The van der Waals surface area contributed by atoms with Gasteiger partial charge in [-0.15, -0.1) is 24.0 Å². The summed E-state index contributed by atoms with van der Waals surface area (Å²) < 4.78 is 0. The van der Waals surface area contributed by atoms with Crippen LogP contribution in [0.5, 0.6) is 0 Å². The van der Waals surface area contributed by atoms with Gasteiger partial charge in [0.25, 0.3) is 0 Å². The number of aliphatic imine (C=N–C) groups is 1. The summed E-state index contributed by atoms with van der Waals surface area (Å²) >= 11 is 0. The Labute approximate surface area is 191 Å². The van der Waals surface area contributed by atoms with Crippen LogP contribution in [-0.4, -0.2) is 38.5 Å². The number of rotatable bonds is 7. The van der Waals surface area contributed by atoms with E-state index in [9.17, 15) is 4.79 Å². The Balaban J connectivity index is 0.00000300. The average Bonchev–Trinajstić information content (AvgIpc) is 3.18. The summed E-state index contributed by atoms with van der Waals surface area (Å²) in [4.78, 5) is 18.7. The monoisotopic (exact) mass is 506 g/mol. The first-order chi connectivity index (χ1) is 13.7. The molecule has 0 spiro atoms. The number of amides is 1. The molecule has 29 heavy (non-hydrogen) atoms. The fraction of sp³-hybridized carbons (Fsp3) is 0.391. The number of hydrogen-bond acceptors (Lipinski definition) is 2. The van der Waals surface area contributed by atoms with Gasteiger partial charge in [-0.2, -0.15) is 0 Å². The van der Waals surface area contributed by atoms with Crippen LogP contribution in [0.25, 0.3) is 0 Å². The van der Waals surface area contributed by atoms with Gasteiger partial charge in [-0.1, -0.05) is 55.5 Å². The number of nitrogens with zero attached hydrogens (tertiary/aromatic N) is 2. The molecule has 6 heteroatoms. The van der Waals surface area contributed by atoms with Crippen LogP contribution in [0.3, 0.4) is 0 Å². The van der Waals surface area contributed by atoms with E-state index in [1.54, 1.807) is 7.05 Å². The predicted octanol–water partition coefficient (Wildman–Crippen LogP) is 3.94. The number of anilines is 1. The zero-order chi connectivity index (χ0) is 19.8. The Morgan fingerprint density at radius 3 is 2.59 bits per heavy atom. The molecule has 2 aromatic carbocycles. The van der Waals surface area contributed by atoms with Gasteiger partial charge < -0.3 is 15.5 Å². The fourth-order valence-corrected chi connectivity index (χ4v) is 3.55. The van der Waals surface area contributed by atoms with E-state index in [2.05, 4.69) is 52.9 Å². The number of halogens is 1. The van der Waals surface area contributed by atoms with E-state index < -0.39 is 0 Å². The van der Waals surface area contributed by atoms with Gasteiger partial charge in [0.2, 0.25) is 5.91 Å². The molecule has 1 amide bonds. The van der Waals surface area contributed by atoms with Crippen LogP contribution < -0.4 is 15.5 Å². The number of hydrogen-bond donors (Lipinski definition) is 2. The third kappa shape index (κ3) is 6.45. The van der Waals surface area contributed by atoms with E-state index in [0.29, 0.717) is 12.3 Å². The lowest BCUT2D eigenvalue weighted by Crippen LogP contribution is -2.39. The number of carbonyl (C=O) groups is 1. The zero-order valence-electron chi connectivity index (χ0n) is 17.2. The highest BCUT2D eigenvalue weighted by Gasteiger charge is 2.23. The quantitative estimate of drug-likeness (QED) is 0.259. The van der Waals surface area contributed by atoms with Gasteiger partial charge in [0, 0.05) is 38.8 Å². The summed E-state index contributed by atoms with van der Waals surface area (Å²) in [5, 5.41) is 6.68. The highest BCUT2D eigenvalue weighted by molar-refractivity contribution is 14.0. The number of carbonyl (C=O) groups excluding carboxylic acids is 1. The van der Waals surface area contributed by atoms with Crippen molar-refractivity contribution < 1.29 is 4.79 Å². The van der Waals surface area contributed by atoms with Gasteiger partial charge in [0.15, 0.2) is 5.96 Å². The molecule has 5 nitrogen and oxygen atoms in total. The molecule has 156 valence electrons. The number of fused-ring (bicyclic) bond motifs is 1. The smallest absolute Gasteiger partial charge is 0.227 e. The minimum atomic E-state index is 0. The number of benzene rings is 2. The maximum absolute atomic E-state index is 12.5. The van der Waals surface area contributed by atoms with Gasteiger partial charge >= 0.3 is 0 Å². The minimum Gasteiger partial charge on any atom is -0.356 e. The van der Waals surface area contributed by atoms with Crippen molar-refractivity contribution in [1.29, 1.82) is 0 Å². The first-order valence-electron chi connectivity index (χ1n) is 10.1. The van der Waals surface area contributed by atoms with Gasteiger partial charge in [-0.25, -0.2) is 0 Å². The Kier molecular flexibility index (Phi) is 9.44. The second-order valence-electron chi connectivity index (χ2n) is 7.22. The molecule has 3 rings (SSSR count). The second kappa shape index (κ2) is 11.8. The minimum absolute atomic E-state index is 0. The molecule has 1 aliphatic rings. The maximum atomic E-state index is 12.5. The van der Waals surface area contributed by atoms with Crippen molar-refractivity contribution in [2.75, 3.05) is 31.6 Å². The first-order valence-corrected chi connectivity index (χ1v) is 10.1. The van der Waals surface area contributed by atoms with Gasteiger partial charge in [-0.3, -0.25) is 9.79 Å². The molecule has 0 aliphatic carbocycles. The van der Waals surface area contributed by atoms with E-state index >= 15 is 0 Å². The maximum Gasteiger partial charge on any atom is 0.227 e. The molecular weight excluding hydrogens is 475 g/mol. The molecule has 2 N–H and O–H groups in total. The third-order valence-corrected chi connectivity index (χ3v) is 5.22. The molecule has 0 saturated heterocycles. The molecule has 1 atom stereocenters. The summed E-state index contributed by atoms with van der Waals surface area (Å²) in [6.45, 7) is 4.53.